The van der Waals surface area contributed by atoms with Gasteiger partial charge in [-0.3, -0.25) is 0 Å². The van der Waals surface area contributed by atoms with Crippen molar-refractivity contribution >= 4 is 27.5 Å². The minimum Gasteiger partial charge on any atom is -0.207 e. The summed E-state index contributed by atoms with van der Waals surface area (Å²) in [6, 6.07) is 7.47. The first-order valence-electron chi connectivity index (χ1n) is 5.03. The third-order valence-corrected chi connectivity index (χ3v) is 3.79. The van der Waals surface area contributed by atoms with Gasteiger partial charge in [0.1, 0.15) is 17.5 Å². The van der Waals surface area contributed by atoms with Crippen LogP contribution in [0.5, 0.6) is 0 Å². The lowest BCUT2D eigenvalue weighted by Crippen LogP contribution is -1.98. The largest absolute Gasteiger partial charge is 0.207 e. The molecule has 2 aromatic rings. The zero-order valence-corrected chi connectivity index (χ0v) is 11.3. The molecule has 0 amide bonds. The summed E-state index contributed by atoms with van der Waals surface area (Å²) in [5.74, 6) is -1.70. The van der Waals surface area contributed by atoms with Gasteiger partial charge in [-0.05, 0) is 29.8 Å². The third kappa shape index (κ3) is 2.70. The number of benzene rings is 2. The first-order chi connectivity index (χ1) is 8.49. The zero-order chi connectivity index (χ0) is 13.3. The van der Waals surface area contributed by atoms with Crippen molar-refractivity contribution < 1.29 is 13.2 Å². The lowest BCUT2D eigenvalue weighted by Gasteiger charge is -2.12. The summed E-state index contributed by atoms with van der Waals surface area (Å²) in [4.78, 5) is -0.565. The number of rotatable bonds is 2. The maximum absolute atomic E-state index is 13.7. The van der Waals surface area contributed by atoms with E-state index in [4.69, 9.17) is 11.6 Å². The Bertz CT molecular complexity index is 569. The van der Waals surface area contributed by atoms with Crippen LogP contribution in [0.15, 0.2) is 36.4 Å². The van der Waals surface area contributed by atoms with Crippen LogP contribution in [-0.2, 0) is 0 Å². The van der Waals surface area contributed by atoms with Gasteiger partial charge in [0.2, 0.25) is 0 Å². The summed E-state index contributed by atoms with van der Waals surface area (Å²) >= 11 is 8.73. The van der Waals surface area contributed by atoms with E-state index in [9.17, 15) is 13.2 Å². The second-order valence-electron chi connectivity index (χ2n) is 3.70. The van der Waals surface area contributed by atoms with Crippen LogP contribution in [-0.4, -0.2) is 0 Å². The van der Waals surface area contributed by atoms with E-state index in [1.807, 2.05) is 0 Å². The number of alkyl halides is 1. The van der Waals surface area contributed by atoms with Gasteiger partial charge in [-0.2, -0.15) is 0 Å². The van der Waals surface area contributed by atoms with E-state index in [2.05, 4.69) is 15.9 Å². The Hall–Kier alpha value is -1.00. The molecule has 2 rings (SSSR count). The van der Waals surface area contributed by atoms with Crippen molar-refractivity contribution in [3.63, 3.8) is 0 Å². The molecule has 1 unspecified atom stereocenters. The standard InChI is InChI=1S/C13H7BrClF3/c14-13(7-1-3-8(16)4-2-7)9-5-12(18)10(15)6-11(9)17/h1-6,13H. The average Bonchev–Trinajstić information content (AvgIpc) is 2.34. The first kappa shape index (κ1) is 13.4. The Morgan fingerprint density at radius 3 is 2.17 bits per heavy atom. The Balaban J connectivity index is 2.42. The van der Waals surface area contributed by atoms with E-state index in [0.717, 1.165) is 12.1 Å². The van der Waals surface area contributed by atoms with Gasteiger partial charge >= 0.3 is 0 Å². The summed E-state index contributed by atoms with van der Waals surface area (Å²) in [5, 5.41) is -0.268. The van der Waals surface area contributed by atoms with Crippen LogP contribution in [0.4, 0.5) is 13.2 Å². The molecular weight excluding hydrogens is 328 g/mol. The molecule has 0 N–H and O–H groups in total. The van der Waals surface area contributed by atoms with Crippen LogP contribution >= 0.6 is 27.5 Å². The smallest absolute Gasteiger partial charge is 0.142 e. The minimum atomic E-state index is -0.695. The molecule has 0 spiro atoms. The molecule has 0 nitrogen and oxygen atoms in total. The summed E-state index contributed by atoms with van der Waals surface area (Å²) in [7, 11) is 0. The summed E-state index contributed by atoms with van der Waals surface area (Å²) in [6.07, 6.45) is 0. The van der Waals surface area contributed by atoms with Crippen LogP contribution in [0, 0.1) is 17.5 Å². The molecule has 94 valence electrons. The monoisotopic (exact) mass is 334 g/mol. The van der Waals surface area contributed by atoms with E-state index < -0.39 is 16.5 Å². The molecule has 2 aromatic carbocycles. The molecule has 0 radical (unpaired) electrons. The highest BCUT2D eigenvalue weighted by molar-refractivity contribution is 9.09. The Labute approximate surface area is 116 Å². The highest BCUT2D eigenvalue weighted by Crippen LogP contribution is 2.34. The topological polar surface area (TPSA) is 0 Å². The van der Waals surface area contributed by atoms with Gasteiger partial charge in [0.05, 0.1) is 9.85 Å². The van der Waals surface area contributed by atoms with Gasteiger partial charge in [-0.15, -0.1) is 0 Å². The van der Waals surface area contributed by atoms with Gasteiger partial charge < -0.3 is 0 Å². The highest BCUT2D eigenvalue weighted by atomic mass is 79.9. The van der Waals surface area contributed by atoms with Crippen molar-refractivity contribution in [3.8, 4) is 0 Å². The van der Waals surface area contributed by atoms with Crippen LogP contribution in [0.2, 0.25) is 5.02 Å². The van der Waals surface area contributed by atoms with Gasteiger partial charge in [0.15, 0.2) is 0 Å². The molecule has 0 aliphatic carbocycles. The SMILES string of the molecule is Fc1ccc(C(Br)c2cc(F)c(Cl)cc2F)cc1. The second-order valence-corrected chi connectivity index (χ2v) is 5.02. The van der Waals surface area contributed by atoms with Crippen molar-refractivity contribution in [2.45, 2.75) is 4.83 Å². The lowest BCUT2D eigenvalue weighted by atomic mass is 10.0. The Morgan fingerprint density at radius 2 is 1.56 bits per heavy atom. The van der Waals surface area contributed by atoms with Crippen LogP contribution in [0.3, 0.4) is 0 Å². The molecule has 18 heavy (non-hydrogen) atoms. The van der Waals surface area contributed by atoms with Crippen molar-refractivity contribution in [2.24, 2.45) is 0 Å². The molecule has 0 bridgehead atoms. The Morgan fingerprint density at radius 1 is 0.944 bits per heavy atom. The maximum Gasteiger partial charge on any atom is 0.142 e. The fourth-order valence-corrected chi connectivity index (χ4v) is 2.35. The minimum absolute atomic E-state index is 0.114. The Kier molecular flexibility index (Phi) is 3.97. The molecule has 0 saturated carbocycles. The van der Waals surface area contributed by atoms with Gasteiger partial charge in [-0.1, -0.05) is 39.7 Å². The van der Waals surface area contributed by atoms with Gasteiger partial charge in [0, 0.05) is 5.56 Å². The van der Waals surface area contributed by atoms with Crippen LogP contribution in [0.25, 0.3) is 0 Å². The molecule has 0 aromatic heterocycles. The van der Waals surface area contributed by atoms with Crippen molar-refractivity contribution in [1.29, 1.82) is 0 Å². The van der Waals surface area contributed by atoms with Crippen molar-refractivity contribution in [2.75, 3.05) is 0 Å². The molecule has 0 aliphatic rings. The first-order valence-corrected chi connectivity index (χ1v) is 6.32. The zero-order valence-electron chi connectivity index (χ0n) is 8.93. The average molecular weight is 336 g/mol. The van der Waals surface area contributed by atoms with Gasteiger partial charge in [-0.25, -0.2) is 13.2 Å². The number of hydrogen-bond donors (Lipinski definition) is 0. The third-order valence-electron chi connectivity index (χ3n) is 2.48. The quantitative estimate of drug-likeness (QED) is 0.520. The van der Waals surface area contributed by atoms with E-state index >= 15 is 0 Å². The summed E-state index contributed by atoms with van der Waals surface area (Å²) < 4.78 is 39.8. The van der Waals surface area contributed by atoms with Crippen molar-refractivity contribution in [3.05, 3.63) is 70.0 Å². The van der Waals surface area contributed by atoms with Crippen LogP contribution < -0.4 is 0 Å². The molecular formula is C13H7BrClF3. The maximum atomic E-state index is 13.7. The van der Waals surface area contributed by atoms with E-state index in [0.29, 0.717) is 5.56 Å². The second kappa shape index (κ2) is 5.33. The predicted molar refractivity (Wildman–Crippen MR) is 68.5 cm³/mol. The number of hydrogen-bond acceptors (Lipinski definition) is 0. The van der Waals surface area contributed by atoms with E-state index in [1.54, 1.807) is 0 Å². The van der Waals surface area contributed by atoms with Gasteiger partial charge in [0.25, 0.3) is 0 Å². The predicted octanol–water partition coefficient (Wildman–Crippen LogP) is 5.24. The summed E-state index contributed by atoms with van der Waals surface area (Å²) in [5.41, 5.74) is 0.737. The fourth-order valence-electron chi connectivity index (χ4n) is 1.54. The molecule has 5 heteroatoms. The summed E-state index contributed by atoms with van der Waals surface area (Å²) in [6.45, 7) is 0. The highest BCUT2D eigenvalue weighted by Gasteiger charge is 2.17. The molecule has 0 saturated heterocycles. The molecule has 0 aliphatic heterocycles. The molecule has 0 fully saturated rings. The molecule has 0 heterocycles. The molecule has 1 atom stereocenters. The fraction of sp³-hybridized carbons (Fsp3) is 0.0769. The lowest BCUT2D eigenvalue weighted by molar-refractivity contribution is 0.588. The normalized spacial score (nSPS) is 12.5. The van der Waals surface area contributed by atoms with E-state index in [1.165, 1.54) is 24.3 Å². The van der Waals surface area contributed by atoms with Crippen molar-refractivity contribution in [1.82, 2.24) is 0 Å². The van der Waals surface area contributed by atoms with E-state index in [-0.39, 0.29) is 16.4 Å². The number of halogens is 5. The van der Waals surface area contributed by atoms with Crippen LogP contribution in [0.1, 0.15) is 16.0 Å².